The molecule has 0 aliphatic rings. The zero-order valence-corrected chi connectivity index (χ0v) is 18.0. The number of carbonyl (C=O) groups excluding carboxylic acids is 1. The van der Waals surface area contributed by atoms with Crippen molar-refractivity contribution in [1.29, 1.82) is 0 Å². The van der Waals surface area contributed by atoms with E-state index < -0.39 is 0 Å². The van der Waals surface area contributed by atoms with Crippen LogP contribution in [0.5, 0.6) is 0 Å². The zero-order chi connectivity index (χ0) is 21.6. The van der Waals surface area contributed by atoms with Gasteiger partial charge in [-0.15, -0.1) is 10.2 Å². The summed E-state index contributed by atoms with van der Waals surface area (Å²) in [6.45, 7) is 1.88. The second-order valence-electron chi connectivity index (χ2n) is 6.52. The number of carbonyl (C=O) groups is 1. The zero-order valence-electron chi connectivity index (χ0n) is 16.4. The third-order valence-corrected chi connectivity index (χ3v) is 5.23. The summed E-state index contributed by atoms with van der Waals surface area (Å²) in [6, 6.07) is 8.93. The van der Waals surface area contributed by atoms with Gasteiger partial charge < -0.3 is 14.3 Å². The number of anilines is 1. The molecule has 0 fully saturated rings. The summed E-state index contributed by atoms with van der Waals surface area (Å²) < 4.78 is 10.8. The van der Waals surface area contributed by atoms with Crippen molar-refractivity contribution in [2.75, 3.05) is 5.32 Å². The summed E-state index contributed by atoms with van der Waals surface area (Å²) in [4.78, 5) is 20.5. The van der Waals surface area contributed by atoms with Gasteiger partial charge in [0.1, 0.15) is 0 Å². The fraction of sp³-hybridized carbons (Fsp3) is 0.200. The Bertz CT molecular complexity index is 1180. The number of pyridine rings is 1. The minimum absolute atomic E-state index is 0.145. The van der Waals surface area contributed by atoms with Gasteiger partial charge in [0.05, 0.1) is 11.3 Å². The Morgan fingerprint density at radius 1 is 1.26 bits per heavy atom. The van der Waals surface area contributed by atoms with Crippen molar-refractivity contribution in [1.82, 2.24) is 25.3 Å². The lowest BCUT2D eigenvalue weighted by Crippen LogP contribution is -2.13. The molecule has 1 amide bonds. The Morgan fingerprint density at radius 3 is 2.97 bits per heavy atom. The van der Waals surface area contributed by atoms with Crippen LogP contribution in [0.2, 0.25) is 5.02 Å². The second-order valence-corrected chi connectivity index (χ2v) is 7.88. The molecule has 158 valence electrons. The molecule has 0 atom stereocenters. The Kier molecular flexibility index (Phi) is 6.58. The topological polar surface area (TPSA) is 120 Å². The van der Waals surface area contributed by atoms with Crippen molar-refractivity contribution in [2.24, 2.45) is 0 Å². The third-order valence-electron chi connectivity index (χ3n) is 4.18. The fourth-order valence-corrected chi connectivity index (χ4v) is 3.48. The molecule has 3 aromatic heterocycles. The fourth-order valence-electron chi connectivity index (χ4n) is 2.65. The van der Waals surface area contributed by atoms with Gasteiger partial charge in [-0.2, -0.15) is 4.98 Å². The van der Waals surface area contributed by atoms with Gasteiger partial charge in [-0.3, -0.25) is 9.78 Å². The van der Waals surface area contributed by atoms with E-state index in [9.17, 15) is 4.79 Å². The molecule has 0 bridgehead atoms. The third kappa shape index (κ3) is 5.68. The number of nitrogens with one attached hydrogen (secondary N) is 1. The lowest BCUT2D eigenvalue weighted by molar-refractivity contribution is -0.116. The summed E-state index contributed by atoms with van der Waals surface area (Å²) in [7, 11) is 0. The number of halogens is 1. The molecule has 31 heavy (non-hydrogen) atoms. The first-order chi connectivity index (χ1) is 15.1. The van der Waals surface area contributed by atoms with Crippen LogP contribution in [0, 0.1) is 6.92 Å². The molecule has 0 saturated heterocycles. The first kappa shape index (κ1) is 21.0. The maximum Gasteiger partial charge on any atom is 0.277 e. The van der Waals surface area contributed by atoms with Gasteiger partial charge in [0, 0.05) is 35.9 Å². The van der Waals surface area contributed by atoms with Gasteiger partial charge in [0.2, 0.25) is 17.7 Å². The molecule has 3 heterocycles. The van der Waals surface area contributed by atoms with Crippen LogP contribution in [0.4, 0.5) is 5.69 Å². The maximum atomic E-state index is 12.2. The van der Waals surface area contributed by atoms with Crippen molar-refractivity contribution >= 4 is 35.0 Å². The van der Waals surface area contributed by atoms with Crippen LogP contribution in [-0.4, -0.2) is 31.2 Å². The molecule has 4 rings (SSSR count). The molecular formula is C20H17ClN6O3S. The van der Waals surface area contributed by atoms with Crippen molar-refractivity contribution in [3.8, 4) is 11.5 Å². The van der Waals surface area contributed by atoms with E-state index in [1.165, 1.54) is 11.8 Å². The largest absolute Gasteiger partial charge is 0.411 e. The van der Waals surface area contributed by atoms with Crippen LogP contribution < -0.4 is 5.32 Å². The number of hydrogen-bond donors (Lipinski definition) is 1. The molecule has 4 aromatic rings. The lowest BCUT2D eigenvalue weighted by Gasteiger charge is -2.07. The minimum Gasteiger partial charge on any atom is -0.411 e. The van der Waals surface area contributed by atoms with Crippen molar-refractivity contribution in [3.05, 3.63) is 65.0 Å². The van der Waals surface area contributed by atoms with E-state index in [4.69, 9.17) is 20.5 Å². The van der Waals surface area contributed by atoms with Crippen LogP contribution in [0.15, 0.2) is 56.9 Å². The number of amides is 1. The summed E-state index contributed by atoms with van der Waals surface area (Å²) in [5.74, 6) is 1.52. The van der Waals surface area contributed by atoms with E-state index in [-0.39, 0.29) is 12.3 Å². The van der Waals surface area contributed by atoms with Gasteiger partial charge in [0.15, 0.2) is 5.82 Å². The molecule has 11 heteroatoms. The lowest BCUT2D eigenvalue weighted by atomic mass is 10.2. The van der Waals surface area contributed by atoms with Crippen molar-refractivity contribution < 1.29 is 13.7 Å². The molecule has 0 spiro atoms. The number of aryl methyl sites for hydroxylation is 2. The van der Waals surface area contributed by atoms with E-state index >= 15 is 0 Å². The van der Waals surface area contributed by atoms with Gasteiger partial charge in [-0.25, -0.2) is 0 Å². The van der Waals surface area contributed by atoms with Crippen LogP contribution in [0.1, 0.15) is 23.7 Å². The SMILES string of the molecule is Cc1cc(Cl)ccc1NC(=O)CCc1nc(CSc2nnc(-c3cccnc3)o2)no1. The average molecular weight is 457 g/mol. The molecule has 0 aliphatic heterocycles. The highest BCUT2D eigenvalue weighted by Crippen LogP contribution is 2.24. The Hall–Kier alpha value is -3.24. The van der Waals surface area contributed by atoms with Gasteiger partial charge in [-0.05, 0) is 42.8 Å². The molecule has 0 aliphatic carbocycles. The molecule has 0 radical (unpaired) electrons. The number of nitrogens with zero attached hydrogens (tertiary/aromatic N) is 5. The van der Waals surface area contributed by atoms with Crippen molar-refractivity contribution in [3.63, 3.8) is 0 Å². The number of benzene rings is 1. The van der Waals surface area contributed by atoms with Crippen LogP contribution in [0.3, 0.4) is 0 Å². The van der Waals surface area contributed by atoms with Crippen molar-refractivity contribution in [2.45, 2.75) is 30.7 Å². The Balaban J connectivity index is 1.26. The first-order valence-corrected chi connectivity index (χ1v) is 10.7. The van der Waals surface area contributed by atoms with E-state index in [1.807, 2.05) is 13.0 Å². The molecular weight excluding hydrogens is 440 g/mol. The molecule has 1 aromatic carbocycles. The minimum atomic E-state index is -0.145. The van der Waals surface area contributed by atoms with Gasteiger partial charge in [0.25, 0.3) is 5.22 Å². The first-order valence-electron chi connectivity index (χ1n) is 9.31. The predicted molar refractivity (Wildman–Crippen MR) is 115 cm³/mol. The second kappa shape index (κ2) is 9.71. The standard InChI is InChI=1S/C20H17ClN6O3S/c1-12-9-14(21)4-5-15(12)23-17(28)6-7-18-24-16(27-30-18)11-31-20-26-25-19(29-20)13-3-2-8-22-10-13/h2-5,8-10H,6-7,11H2,1H3,(H,23,28). The normalized spacial score (nSPS) is 10.9. The molecule has 0 unspecified atom stereocenters. The molecule has 1 N–H and O–H groups in total. The van der Waals surface area contributed by atoms with Gasteiger partial charge in [-0.1, -0.05) is 28.5 Å². The van der Waals surface area contributed by atoms with E-state index in [0.717, 1.165) is 16.8 Å². The molecule has 0 saturated carbocycles. The predicted octanol–water partition coefficient (Wildman–Crippen LogP) is 4.34. The highest BCUT2D eigenvalue weighted by Gasteiger charge is 2.13. The summed E-state index contributed by atoms with van der Waals surface area (Å²) in [5, 5.41) is 15.8. The average Bonchev–Trinajstić information content (AvgIpc) is 3.43. The van der Waals surface area contributed by atoms with E-state index in [1.54, 1.807) is 36.7 Å². The summed E-state index contributed by atoms with van der Waals surface area (Å²) in [5.41, 5.74) is 2.36. The van der Waals surface area contributed by atoms with Crippen LogP contribution >= 0.6 is 23.4 Å². The number of hydrogen-bond acceptors (Lipinski definition) is 9. The van der Waals surface area contributed by atoms with E-state index in [2.05, 4.69) is 30.6 Å². The maximum absolute atomic E-state index is 12.2. The monoisotopic (exact) mass is 456 g/mol. The summed E-state index contributed by atoms with van der Waals surface area (Å²) >= 11 is 7.23. The molecule has 9 nitrogen and oxygen atoms in total. The number of aromatic nitrogens is 5. The summed E-state index contributed by atoms with van der Waals surface area (Å²) in [6.07, 6.45) is 3.88. The Morgan fingerprint density at radius 2 is 2.16 bits per heavy atom. The number of thioether (sulfide) groups is 1. The Labute approximate surface area is 186 Å². The smallest absolute Gasteiger partial charge is 0.277 e. The quantitative estimate of drug-likeness (QED) is 0.386. The highest BCUT2D eigenvalue weighted by atomic mass is 35.5. The number of rotatable bonds is 8. The highest BCUT2D eigenvalue weighted by molar-refractivity contribution is 7.98. The van der Waals surface area contributed by atoms with Gasteiger partial charge >= 0.3 is 0 Å². The van der Waals surface area contributed by atoms with Crippen LogP contribution in [-0.2, 0) is 17.0 Å². The van der Waals surface area contributed by atoms with Crippen LogP contribution in [0.25, 0.3) is 11.5 Å². The van der Waals surface area contributed by atoms with E-state index in [0.29, 0.717) is 40.0 Å².